The van der Waals surface area contributed by atoms with E-state index < -0.39 is 0 Å². The Morgan fingerprint density at radius 2 is 0.842 bits per heavy atom. The molecule has 0 N–H and O–H groups in total. The zero-order valence-corrected chi connectivity index (χ0v) is 16.4. The molecule has 1 nitrogen and oxygen atoms in total. The number of halogens is 1. The first kappa shape index (κ1) is 22.0. The molecule has 0 saturated carbocycles. The lowest BCUT2D eigenvalue weighted by Gasteiger charge is -2.23. The molecule has 0 bridgehead atoms. The van der Waals surface area contributed by atoms with E-state index in [0.29, 0.717) is 0 Å². The maximum Gasteiger partial charge on any atom is 0.0780 e. The molecule has 0 fully saturated rings. The highest BCUT2D eigenvalue weighted by molar-refractivity contribution is 14.0. The van der Waals surface area contributed by atoms with Gasteiger partial charge in [0.1, 0.15) is 0 Å². The predicted molar refractivity (Wildman–Crippen MR) is 99.4 cm³/mol. The minimum absolute atomic E-state index is 0. The van der Waals surface area contributed by atoms with Gasteiger partial charge in [-0.1, -0.05) is 71.1 Å². The van der Waals surface area contributed by atoms with Crippen LogP contribution >= 0.6 is 24.0 Å². The van der Waals surface area contributed by atoms with Gasteiger partial charge in [0, 0.05) is 0 Å². The lowest BCUT2D eigenvalue weighted by atomic mass is 10.1. The summed E-state index contributed by atoms with van der Waals surface area (Å²) in [7, 11) is 6.87. The highest BCUT2D eigenvalue weighted by atomic mass is 127. The van der Waals surface area contributed by atoms with Gasteiger partial charge >= 0.3 is 0 Å². The van der Waals surface area contributed by atoms with Crippen LogP contribution in [0.4, 0.5) is 0 Å². The van der Waals surface area contributed by atoms with E-state index >= 15 is 0 Å². The van der Waals surface area contributed by atoms with Crippen molar-refractivity contribution in [1.82, 2.24) is 0 Å². The molecule has 0 unspecified atom stereocenters. The fourth-order valence-corrected chi connectivity index (χ4v) is 2.43. The standard InChI is InChI=1S/C17H38N.HI/c1-5-6-7-8-9-10-11-12-13-14-15-16-17-18(2,3)4;/h5-17H2,1-4H3;1H/q+1;. The van der Waals surface area contributed by atoms with Crippen molar-refractivity contribution in [2.24, 2.45) is 0 Å². The summed E-state index contributed by atoms with van der Waals surface area (Å²) in [6, 6.07) is 0. The van der Waals surface area contributed by atoms with Gasteiger partial charge in [0.15, 0.2) is 0 Å². The van der Waals surface area contributed by atoms with E-state index in [9.17, 15) is 0 Å². The number of nitrogens with zero attached hydrogens (tertiary/aromatic N) is 1. The second kappa shape index (κ2) is 15.1. The molecule has 0 amide bonds. The van der Waals surface area contributed by atoms with Crippen molar-refractivity contribution in [3.05, 3.63) is 0 Å². The summed E-state index contributed by atoms with van der Waals surface area (Å²) in [4.78, 5) is 0. The van der Waals surface area contributed by atoms with Gasteiger partial charge in [-0.2, -0.15) is 0 Å². The molecular weight excluding hydrogens is 345 g/mol. The minimum Gasteiger partial charge on any atom is -0.331 e. The van der Waals surface area contributed by atoms with E-state index in [1.54, 1.807) is 0 Å². The summed E-state index contributed by atoms with van der Waals surface area (Å²) in [5, 5.41) is 0. The van der Waals surface area contributed by atoms with Crippen molar-refractivity contribution in [2.45, 2.75) is 84.0 Å². The molecule has 0 aromatic carbocycles. The highest BCUT2D eigenvalue weighted by Crippen LogP contribution is 2.12. The van der Waals surface area contributed by atoms with Crippen LogP contribution in [0.1, 0.15) is 84.0 Å². The second-order valence-electron chi connectivity index (χ2n) is 6.90. The zero-order chi connectivity index (χ0) is 13.7. The van der Waals surface area contributed by atoms with Crippen molar-refractivity contribution < 1.29 is 4.48 Å². The summed E-state index contributed by atoms with van der Waals surface area (Å²) < 4.78 is 1.12. The second-order valence-corrected chi connectivity index (χ2v) is 6.90. The van der Waals surface area contributed by atoms with Crippen molar-refractivity contribution in [1.29, 1.82) is 0 Å². The van der Waals surface area contributed by atoms with Crippen LogP contribution in [-0.2, 0) is 0 Å². The number of hydrogen-bond donors (Lipinski definition) is 0. The predicted octanol–water partition coefficient (Wildman–Crippen LogP) is 6.01. The van der Waals surface area contributed by atoms with Gasteiger partial charge in [0.25, 0.3) is 0 Å². The van der Waals surface area contributed by atoms with Crippen LogP contribution in [0.2, 0.25) is 0 Å². The van der Waals surface area contributed by atoms with Crippen LogP contribution in [0.5, 0.6) is 0 Å². The first-order chi connectivity index (χ1) is 8.56. The molecule has 0 heterocycles. The molecule has 0 radical (unpaired) electrons. The SMILES string of the molecule is CCCCCCCCCCCCCC[N+](C)(C)C.I. The van der Waals surface area contributed by atoms with E-state index in [0.717, 1.165) is 4.48 Å². The molecule has 2 heteroatoms. The summed E-state index contributed by atoms with van der Waals surface area (Å²) in [5.41, 5.74) is 0. The van der Waals surface area contributed by atoms with Gasteiger partial charge < -0.3 is 4.48 Å². The Bertz CT molecular complexity index is 163. The number of unbranched alkanes of at least 4 members (excludes halogenated alkanes) is 11. The van der Waals surface area contributed by atoms with Gasteiger partial charge in [-0.3, -0.25) is 0 Å². The monoisotopic (exact) mass is 384 g/mol. The topological polar surface area (TPSA) is 0 Å². The third-order valence-corrected chi connectivity index (χ3v) is 3.68. The normalized spacial score (nSPS) is 11.4. The van der Waals surface area contributed by atoms with Crippen LogP contribution in [0.25, 0.3) is 0 Å². The molecule has 0 spiro atoms. The smallest absolute Gasteiger partial charge is 0.0780 e. The van der Waals surface area contributed by atoms with Crippen molar-refractivity contribution in [3.8, 4) is 0 Å². The summed E-state index contributed by atoms with van der Waals surface area (Å²) in [5.74, 6) is 0. The Kier molecular flexibility index (Phi) is 17.5. The quantitative estimate of drug-likeness (QED) is 0.207. The number of rotatable bonds is 13. The Hall–Kier alpha value is 0.690. The first-order valence-corrected chi connectivity index (χ1v) is 8.36. The van der Waals surface area contributed by atoms with E-state index in [1.165, 1.54) is 83.6 Å². The summed E-state index contributed by atoms with van der Waals surface area (Å²) in [6.45, 7) is 3.62. The lowest BCUT2D eigenvalue weighted by Crippen LogP contribution is -2.35. The van der Waals surface area contributed by atoms with Gasteiger partial charge in [0.2, 0.25) is 0 Å². The van der Waals surface area contributed by atoms with Crippen molar-refractivity contribution in [3.63, 3.8) is 0 Å². The lowest BCUT2D eigenvalue weighted by molar-refractivity contribution is -0.870. The first-order valence-electron chi connectivity index (χ1n) is 8.36. The van der Waals surface area contributed by atoms with Gasteiger partial charge in [0.05, 0.1) is 27.7 Å². The molecule has 0 aliphatic carbocycles. The Balaban J connectivity index is 0. The molecule has 0 rings (SSSR count). The maximum atomic E-state index is 2.29. The molecule has 0 aliphatic rings. The van der Waals surface area contributed by atoms with Crippen LogP contribution in [0, 0.1) is 0 Å². The van der Waals surface area contributed by atoms with E-state index in [2.05, 4.69) is 28.1 Å². The van der Waals surface area contributed by atoms with Crippen LogP contribution in [0.15, 0.2) is 0 Å². The Morgan fingerprint density at radius 1 is 0.526 bits per heavy atom. The van der Waals surface area contributed by atoms with E-state index in [4.69, 9.17) is 0 Å². The minimum atomic E-state index is 0. The summed E-state index contributed by atoms with van der Waals surface area (Å²) in [6.07, 6.45) is 17.4. The van der Waals surface area contributed by atoms with Gasteiger partial charge in [-0.15, -0.1) is 24.0 Å². The van der Waals surface area contributed by atoms with Crippen molar-refractivity contribution >= 4 is 24.0 Å². The molecule has 0 atom stereocenters. The molecule has 0 aromatic heterocycles. The average molecular weight is 384 g/mol. The van der Waals surface area contributed by atoms with Crippen LogP contribution in [0.3, 0.4) is 0 Å². The van der Waals surface area contributed by atoms with Crippen molar-refractivity contribution in [2.75, 3.05) is 27.7 Å². The fraction of sp³-hybridized carbons (Fsp3) is 1.00. The maximum absolute atomic E-state index is 2.29. The molecule has 19 heavy (non-hydrogen) atoms. The molecule has 0 aliphatic heterocycles. The molecule has 118 valence electrons. The average Bonchev–Trinajstić information content (AvgIpc) is 2.29. The third kappa shape index (κ3) is 21.1. The number of hydrogen-bond acceptors (Lipinski definition) is 0. The van der Waals surface area contributed by atoms with Gasteiger partial charge in [-0.25, -0.2) is 0 Å². The number of quaternary nitrogens is 1. The van der Waals surface area contributed by atoms with Crippen LogP contribution in [-0.4, -0.2) is 32.2 Å². The highest BCUT2D eigenvalue weighted by Gasteiger charge is 2.04. The fourth-order valence-electron chi connectivity index (χ4n) is 2.43. The Morgan fingerprint density at radius 3 is 1.16 bits per heavy atom. The molecular formula is C17H39IN+. The summed E-state index contributed by atoms with van der Waals surface area (Å²) >= 11 is 0. The zero-order valence-electron chi connectivity index (χ0n) is 14.0. The molecule has 0 saturated heterocycles. The molecule has 0 aromatic rings. The Labute approximate surface area is 140 Å². The van der Waals surface area contributed by atoms with Crippen LogP contribution < -0.4 is 0 Å². The van der Waals surface area contributed by atoms with E-state index in [-0.39, 0.29) is 24.0 Å². The van der Waals surface area contributed by atoms with Gasteiger partial charge in [-0.05, 0) is 12.8 Å². The largest absolute Gasteiger partial charge is 0.331 e. The third-order valence-electron chi connectivity index (χ3n) is 3.68. The van der Waals surface area contributed by atoms with E-state index in [1.807, 2.05) is 0 Å².